The molecule has 152 valence electrons. The molecule has 1 aromatic heterocycles. The summed E-state index contributed by atoms with van der Waals surface area (Å²) in [5.41, 5.74) is 0.138. The average molecular weight is 417 g/mol. The van der Waals surface area contributed by atoms with Gasteiger partial charge in [-0.2, -0.15) is 22.6 Å². The number of sulfonamides is 1. The molecule has 1 aliphatic carbocycles. The molecular formula is C18H19F4N3O2S. The van der Waals surface area contributed by atoms with Gasteiger partial charge in [0.2, 0.25) is 10.0 Å². The van der Waals surface area contributed by atoms with Crippen LogP contribution in [0.25, 0.3) is 5.69 Å². The molecule has 0 spiro atoms. The van der Waals surface area contributed by atoms with Gasteiger partial charge < -0.3 is 0 Å². The molecule has 0 N–H and O–H groups in total. The molecule has 1 fully saturated rings. The van der Waals surface area contributed by atoms with Gasteiger partial charge in [-0.05, 0) is 44.2 Å². The van der Waals surface area contributed by atoms with Crippen LogP contribution < -0.4 is 0 Å². The van der Waals surface area contributed by atoms with Crippen LogP contribution >= 0.6 is 0 Å². The Hall–Kier alpha value is -1.94. The van der Waals surface area contributed by atoms with E-state index in [1.165, 1.54) is 21.1 Å². The minimum Gasteiger partial charge on any atom is -0.237 e. The lowest BCUT2D eigenvalue weighted by Crippen LogP contribution is -2.25. The molecule has 0 unspecified atom stereocenters. The number of halogens is 4. The lowest BCUT2D eigenvalue weighted by atomic mass is 9.95. The van der Waals surface area contributed by atoms with E-state index in [0.29, 0.717) is 37.9 Å². The number of aromatic nitrogens is 2. The number of rotatable bonds is 3. The molecule has 2 aromatic rings. The maximum absolute atomic E-state index is 14.6. The van der Waals surface area contributed by atoms with E-state index >= 15 is 0 Å². The number of fused-ring (bicyclic) bond motifs is 1. The van der Waals surface area contributed by atoms with Crippen LogP contribution in [0.1, 0.15) is 41.8 Å². The SMILES string of the molecule is O=S1(=O)CCCN1Cc1ccc(-n2nc(C(F)(F)F)c3c2CCCC3)cc1F. The first-order valence-corrected chi connectivity index (χ1v) is 10.7. The molecule has 2 aliphatic rings. The maximum atomic E-state index is 14.6. The summed E-state index contributed by atoms with van der Waals surface area (Å²) in [5.74, 6) is -0.611. The van der Waals surface area contributed by atoms with E-state index in [0.717, 1.165) is 12.5 Å². The molecule has 1 aromatic carbocycles. The monoisotopic (exact) mass is 417 g/mol. The summed E-state index contributed by atoms with van der Waals surface area (Å²) in [6.07, 6.45) is -1.88. The van der Waals surface area contributed by atoms with Crippen molar-refractivity contribution in [3.63, 3.8) is 0 Å². The maximum Gasteiger partial charge on any atom is 0.435 e. The predicted octanol–water partition coefficient (Wildman–Crippen LogP) is 3.44. The normalized spacial score (nSPS) is 19.7. The summed E-state index contributed by atoms with van der Waals surface area (Å²) in [5, 5.41) is 3.75. The quantitative estimate of drug-likeness (QED) is 0.719. The fourth-order valence-electron chi connectivity index (χ4n) is 3.90. The van der Waals surface area contributed by atoms with Crippen molar-refractivity contribution in [2.45, 2.75) is 44.8 Å². The van der Waals surface area contributed by atoms with Crippen LogP contribution in [0.3, 0.4) is 0 Å². The second kappa shape index (κ2) is 6.84. The van der Waals surface area contributed by atoms with Gasteiger partial charge in [0.05, 0.1) is 11.4 Å². The third-order valence-corrected chi connectivity index (χ3v) is 7.18. The number of hydrogen-bond acceptors (Lipinski definition) is 3. The van der Waals surface area contributed by atoms with Crippen molar-refractivity contribution in [1.82, 2.24) is 14.1 Å². The highest BCUT2D eigenvalue weighted by Crippen LogP contribution is 2.37. The Balaban J connectivity index is 1.69. The summed E-state index contributed by atoms with van der Waals surface area (Å²) in [6, 6.07) is 4.03. The number of benzene rings is 1. The fourth-order valence-corrected chi connectivity index (χ4v) is 5.39. The van der Waals surface area contributed by atoms with Crippen molar-refractivity contribution < 1.29 is 26.0 Å². The van der Waals surface area contributed by atoms with E-state index in [2.05, 4.69) is 5.10 Å². The second-order valence-corrected chi connectivity index (χ2v) is 9.26. The first-order valence-electron chi connectivity index (χ1n) is 9.11. The van der Waals surface area contributed by atoms with Crippen LogP contribution in [-0.2, 0) is 35.6 Å². The predicted molar refractivity (Wildman–Crippen MR) is 94.0 cm³/mol. The van der Waals surface area contributed by atoms with Crippen molar-refractivity contribution >= 4 is 10.0 Å². The Bertz CT molecular complexity index is 1010. The molecule has 28 heavy (non-hydrogen) atoms. The van der Waals surface area contributed by atoms with Gasteiger partial charge in [-0.25, -0.2) is 17.5 Å². The van der Waals surface area contributed by atoms with Crippen molar-refractivity contribution in [3.05, 3.63) is 46.5 Å². The Morgan fingerprint density at radius 1 is 1.11 bits per heavy atom. The first-order chi connectivity index (χ1) is 13.2. The zero-order valence-electron chi connectivity index (χ0n) is 15.0. The Labute approximate surface area is 160 Å². The van der Waals surface area contributed by atoms with Gasteiger partial charge in [-0.15, -0.1) is 0 Å². The zero-order valence-corrected chi connectivity index (χ0v) is 15.8. The van der Waals surface area contributed by atoms with Crippen LogP contribution in [0, 0.1) is 5.82 Å². The highest BCUT2D eigenvalue weighted by Gasteiger charge is 2.39. The van der Waals surface area contributed by atoms with Crippen molar-refractivity contribution in [1.29, 1.82) is 0 Å². The fraction of sp³-hybridized carbons (Fsp3) is 0.500. The highest BCUT2D eigenvalue weighted by molar-refractivity contribution is 7.89. The van der Waals surface area contributed by atoms with Gasteiger partial charge >= 0.3 is 6.18 Å². The topological polar surface area (TPSA) is 55.2 Å². The van der Waals surface area contributed by atoms with Gasteiger partial charge in [0.25, 0.3) is 0 Å². The van der Waals surface area contributed by atoms with E-state index in [4.69, 9.17) is 0 Å². The van der Waals surface area contributed by atoms with E-state index in [9.17, 15) is 26.0 Å². The molecule has 0 amide bonds. The third kappa shape index (κ3) is 3.43. The lowest BCUT2D eigenvalue weighted by molar-refractivity contribution is -0.142. The van der Waals surface area contributed by atoms with E-state index in [1.54, 1.807) is 0 Å². The molecule has 1 saturated heterocycles. The number of alkyl halides is 3. The second-order valence-electron chi connectivity index (χ2n) is 7.17. The Kier molecular flexibility index (Phi) is 4.73. The molecule has 1 aliphatic heterocycles. The molecule has 0 bridgehead atoms. The zero-order chi connectivity index (χ0) is 20.1. The molecule has 5 nitrogen and oxygen atoms in total. The van der Waals surface area contributed by atoms with Gasteiger partial charge in [0.15, 0.2) is 5.69 Å². The van der Waals surface area contributed by atoms with Gasteiger partial charge in [-0.1, -0.05) is 6.07 Å². The van der Waals surface area contributed by atoms with Crippen LogP contribution in [0.15, 0.2) is 18.2 Å². The lowest BCUT2D eigenvalue weighted by Gasteiger charge is -2.17. The van der Waals surface area contributed by atoms with Crippen LogP contribution in [0.5, 0.6) is 0 Å². The average Bonchev–Trinajstić information content (AvgIpc) is 3.17. The smallest absolute Gasteiger partial charge is 0.237 e. The minimum atomic E-state index is -4.56. The van der Waals surface area contributed by atoms with E-state index in [1.807, 2.05) is 0 Å². The summed E-state index contributed by atoms with van der Waals surface area (Å²) < 4.78 is 80.9. The van der Waals surface area contributed by atoms with Gasteiger partial charge in [0.1, 0.15) is 5.82 Å². The highest BCUT2D eigenvalue weighted by atomic mass is 32.2. The first kappa shape index (κ1) is 19.4. The summed E-state index contributed by atoms with van der Waals surface area (Å²) >= 11 is 0. The molecule has 0 atom stereocenters. The molecule has 4 rings (SSSR count). The minimum absolute atomic E-state index is 0.0480. The molecular weight excluding hydrogens is 398 g/mol. The molecule has 10 heteroatoms. The van der Waals surface area contributed by atoms with Crippen LogP contribution in [-0.4, -0.2) is 34.8 Å². The Morgan fingerprint density at radius 3 is 2.50 bits per heavy atom. The molecule has 0 radical (unpaired) electrons. The van der Waals surface area contributed by atoms with Gasteiger partial charge in [-0.3, -0.25) is 0 Å². The largest absolute Gasteiger partial charge is 0.435 e. The van der Waals surface area contributed by atoms with Crippen molar-refractivity contribution in [2.75, 3.05) is 12.3 Å². The summed E-state index contributed by atoms with van der Waals surface area (Å²) in [6.45, 7) is 0.255. The molecule has 0 saturated carbocycles. The van der Waals surface area contributed by atoms with E-state index in [-0.39, 0.29) is 29.1 Å². The summed E-state index contributed by atoms with van der Waals surface area (Å²) in [4.78, 5) is 0. The number of nitrogens with zero attached hydrogens (tertiary/aromatic N) is 3. The summed E-state index contributed by atoms with van der Waals surface area (Å²) in [7, 11) is -3.37. The third-order valence-electron chi connectivity index (χ3n) is 5.28. The van der Waals surface area contributed by atoms with E-state index < -0.39 is 27.7 Å². The van der Waals surface area contributed by atoms with Crippen molar-refractivity contribution in [3.8, 4) is 5.69 Å². The van der Waals surface area contributed by atoms with Gasteiger partial charge in [0, 0.05) is 29.9 Å². The van der Waals surface area contributed by atoms with Crippen LogP contribution in [0.4, 0.5) is 17.6 Å². The standard InChI is InChI=1S/C18H19F4N3O2S/c19-15-10-13(7-6-12(15)11-24-8-3-9-28(24,26)27)25-16-5-2-1-4-14(16)17(23-25)18(20,21)22/h6-7,10H,1-5,8-9,11H2. The molecule has 2 heterocycles. The van der Waals surface area contributed by atoms with Crippen LogP contribution in [0.2, 0.25) is 0 Å². The Morgan fingerprint density at radius 2 is 1.86 bits per heavy atom. The number of hydrogen-bond donors (Lipinski definition) is 0. The van der Waals surface area contributed by atoms with Crippen molar-refractivity contribution in [2.24, 2.45) is 0 Å².